The van der Waals surface area contributed by atoms with E-state index in [-0.39, 0.29) is 30.7 Å². The summed E-state index contributed by atoms with van der Waals surface area (Å²) in [5, 5.41) is 8.02. The first-order valence-electron chi connectivity index (χ1n) is 9.40. The maximum atomic E-state index is 13.6. The van der Waals surface area contributed by atoms with Crippen LogP contribution in [0.2, 0.25) is 0 Å². The van der Waals surface area contributed by atoms with Crippen molar-refractivity contribution in [3.05, 3.63) is 59.8 Å². The average Bonchev–Trinajstić information content (AvgIpc) is 3.16. The lowest BCUT2D eigenvalue weighted by atomic mass is 9.97. The number of carbonyl (C=O) groups is 1. The van der Waals surface area contributed by atoms with Gasteiger partial charge in [0.05, 0.1) is 5.56 Å². The smallest absolute Gasteiger partial charge is 0.417 e. The maximum absolute atomic E-state index is 13.6. The molecule has 1 fully saturated rings. The predicted octanol–water partition coefficient (Wildman–Crippen LogP) is 3.67. The number of rotatable bonds is 4. The zero-order valence-electron chi connectivity index (χ0n) is 15.8. The molecule has 1 atom stereocenters. The number of likely N-dealkylation sites (tertiary alicyclic amines) is 1. The number of alkyl halides is 3. The van der Waals surface area contributed by atoms with Gasteiger partial charge in [0, 0.05) is 25.2 Å². The van der Waals surface area contributed by atoms with E-state index in [1.165, 1.54) is 28.7 Å². The first kappa shape index (κ1) is 20.1. The van der Waals surface area contributed by atoms with Crippen LogP contribution < -0.4 is 4.74 Å². The van der Waals surface area contributed by atoms with E-state index in [1.54, 1.807) is 11.0 Å². The van der Waals surface area contributed by atoms with Crippen LogP contribution in [0, 0.1) is 5.82 Å². The maximum Gasteiger partial charge on any atom is 0.417 e. The molecular formula is C20H18F4N4O2. The van der Waals surface area contributed by atoms with Crippen molar-refractivity contribution < 1.29 is 27.1 Å². The number of halogens is 4. The van der Waals surface area contributed by atoms with E-state index in [2.05, 4.69) is 10.2 Å². The number of nitrogens with zero attached hydrogens (tertiary/aromatic N) is 4. The monoisotopic (exact) mass is 422 g/mol. The van der Waals surface area contributed by atoms with Crippen molar-refractivity contribution in [2.24, 2.45) is 0 Å². The largest absolute Gasteiger partial charge is 0.481 e. The first-order chi connectivity index (χ1) is 14.3. The zero-order chi connectivity index (χ0) is 21.3. The van der Waals surface area contributed by atoms with E-state index in [0.29, 0.717) is 30.9 Å². The summed E-state index contributed by atoms with van der Waals surface area (Å²) in [4.78, 5) is 14.1. The normalized spacial score (nSPS) is 17.3. The van der Waals surface area contributed by atoms with Crippen molar-refractivity contribution in [1.82, 2.24) is 19.5 Å². The highest BCUT2D eigenvalue weighted by molar-refractivity contribution is 5.78. The molecule has 1 amide bonds. The Morgan fingerprint density at radius 3 is 2.73 bits per heavy atom. The Bertz CT molecular complexity index is 1070. The topological polar surface area (TPSA) is 59.7 Å². The third-order valence-electron chi connectivity index (χ3n) is 5.08. The number of piperidine rings is 1. The molecule has 0 spiro atoms. The number of hydrogen-bond acceptors (Lipinski definition) is 4. The van der Waals surface area contributed by atoms with Gasteiger partial charge < -0.3 is 9.64 Å². The summed E-state index contributed by atoms with van der Waals surface area (Å²) >= 11 is 0. The highest BCUT2D eigenvalue weighted by Gasteiger charge is 2.32. The molecule has 1 unspecified atom stereocenters. The Morgan fingerprint density at radius 1 is 1.17 bits per heavy atom. The Hall–Kier alpha value is -3.17. The number of carbonyl (C=O) groups excluding carboxylic acids is 1. The molecule has 3 aromatic rings. The fourth-order valence-corrected chi connectivity index (χ4v) is 3.56. The number of pyridine rings is 1. The molecule has 10 heteroatoms. The third kappa shape index (κ3) is 4.07. The highest BCUT2D eigenvalue weighted by atomic mass is 19.4. The van der Waals surface area contributed by atoms with Crippen LogP contribution in [0.1, 0.15) is 30.1 Å². The van der Waals surface area contributed by atoms with Gasteiger partial charge in [-0.1, -0.05) is 12.1 Å². The van der Waals surface area contributed by atoms with Gasteiger partial charge in [0.15, 0.2) is 23.8 Å². The van der Waals surface area contributed by atoms with Gasteiger partial charge in [-0.05, 0) is 37.1 Å². The van der Waals surface area contributed by atoms with Crippen molar-refractivity contribution in [1.29, 1.82) is 0 Å². The van der Waals surface area contributed by atoms with Crippen LogP contribution in [0.4, 0.5) is 17.6 Å². The molecule has 0 saturated carbocycles. The number of amides is 1. The van der Waals surface area contributed by atoms with Gasteiger partial charge in [0.2, 0.25) is 0 Å². The second-order valence-corrected chi connectivity index (χ2v) is 7.10. The Kier molecular flexibility index (Phi) is 5.31. The molecule has 1 aliphatic rings. The Balaban J connectivity index is 1.48. The fraction of sp³-hybridized carbons (Fsp3) is 0.350. The summed E-state index contributed by atoms with van der Waals surface area (Å²) in [6, 6.07) is 8.03. The van der Waals surface area contributed by atoms with E-state index in [9.17, 15) is 22.4 Å². The molecule has 0 radical (unpaired) electrons. The van der Waals surface area contributed by atoms with Crippen LogP contribution in [0.25, 0.3) is 5.65 Å². The number of aromatic nitrogens is 3. The molecule has 6 nitrogen and oxygen atoms in total. The van der Waals surface area contributed by atoms with Gasteiger partial charge in [-0.25, -0.2) is 4.39 Å². The van der Waals surface area contributed by atoms with Gasteiger partial charge >= 0.3 is 6.18 Å². The number of ether oxygens (including phenoxy) is 1. The molecule has 2 aromatic heterocycles. The van der Waals surface area contributed by atoms with Gasteiger partial charge in [0.1, 0.15) is 5.82 Å². The van der Waals surface area contributed by atoms with Gasteiger partial charge in [-0.15, -0.1) is 10.2 Å². The van der Waals surface area contributed by atoms with E-state index in [4.69, 9.17) is 4.74 Å². The van der Waals surface area contributed by atoms with Crippen molar-refractivity contribution in [3.63, 3.8) is 0 Å². The molecular weight excluding hydrogens is 404 g/mol. The Labute approximate surface area is 169 Å². The summed E-state index contributed by atoms with van der Waals surface area (Å²) in [7, 11) is 0. The second kappa shape index (κ2) is 7.92. The van der Waals surface area contributed by atoms with Crippen LogP contribution in [0.15, 0.2) is 42.6 Å². The fourth-order valence-electron chi connectivity index (χ4n) is 3.56. The molecule has 1 aliphatic heterocycles. The summed E-state index contributed by atoms with van der Waals surface area (Å²) in [5.74, 6) is -0.786. The number of fused-ring (bicyclic) bond motifs is 1. The SMILES string of the molecule is O=C(COc1ccccc1F)N1CCCC(c2nnc3ccc(C(F)(F)F)cn23)C1. The summed E-state index contributed by atoms with van der Waals surface area (Å²) in [5.41, 5.74) is -0.484. The standard InChI is InChI=1S/C20H18F4N4O2/c21-15-5-1-2-6-16(15)30-12-18(29)27-9-3-4-13(10-27)19-26-25-17-8-7-14(11-28(17)19)20(22,23)24/h1-2,5-8,11,13H,3-4,9-10,12H2. The minimum absolute atomic E-state index is 0.0115. The van der Waals surface area contributed by atoms with Crippen molar-refractivity contribution in [3.8, 4) is 5.75 Å². The third-order valence-corrected chi connectivity index (χ3v) is 5.08. The van der Waals surface area contributed by atoms with Crippen molar-refractivity contribution >= 4 is 11.6 Å². The lowest BCUT2D eigenvalue weighted by Crippen LogP contribution is -2.42. The molecule has 158 valence electrons. The van der Waals surface area contributed by atoms with Crippen LogP contribution >= 0.6 is 0 Å². The molecule has 1 saturated heterocycles. The molecule has 0 bridgehead atoms. The van der Waals surface area contributed by atoms with E-state index < -0.39 is 17.6 Å². The van der Waals surface area contributed by atoms with E-state index in [0.717, 1.165) is 12.3 Å². The minimum atomic E-state index is -4.48. The lowest BCUT2D eigenvalue weighted by Gasteiger charge is -2.32. The van der Waals surface area contributed by atoms with E-state index in [1.807, 2.05) is 0 Å². The van der Waals surface area contributed by atoms with Crippen LogP contribution in [0.3, 0.4) is 0 Å². The molecule has 4 rings (SSSR count). The Morgan fingerprint density at radius 2 is 1.97 bits per heavy atom. The quantitative estimate of drug-likeness (QED) is 0.602. The number of hydrogen-bond donors (Lipinski definition) is 0. The van der Waals surface area contributed by atoms with Crippen LogP contribution in [0.5, 0.6) is 5.75 Å². The molecule has 0 aliphatic carbocycles. The van der Waals surface area contributed by atoms with Gasteiger partial charge in [-0.2, -0.15) is 13.2 Å². The minimum Gasteiger partial charge on any atom is -0.481 e. The van der Waals surface area contributed by atoms with Gasteiger partial charge in [-0.3, -0.25) is 9.20 Å². The van der Waals surface area contributed by atoms with Crippen molar-refractivity contribution in [2.75, 3.05) is 19.7 Å². The molecule has 30 heavy (non-hydrogen) atoms. The predicted molar refractivity (Wildman–Crippen MR) is 98.4 cm³/mol. The number of para-hydroxylation sites is 1. The second-order valence-electron chi connectivity index (χ2n) is 7.10. The van der Waals surface area contributed by atoms with Gasteiger partial charge in [0.25, 0.3) is 5.91 Å². The molecule has 3 heterocycles. The molecule has 1 aromatic carbocycles. The van der Waals surface area contributed by atoms with Crippen LogP contribution in [-0.4, -0.2) is 45.1 Å². The average molecular weight is 422 g/mol. The molecule has 0 N–H and O–H groups in total. The zero-order valence-corrected chi connectivity index (χ0v) is 15.8. The van der Waals surface area contributed by atoms with E-state index >= 15 is 0 Å². The lowest BCUT2D eigenvalue weighted by molar-refractivity contribution is -0.138. The summed E-state index contributed by atoms with van der Waals surface area (Å²) in [6.07, 6.45) is -2.18. The highest BCUT2D eigenvalue weighted by Crippen LogP contribution is 2.31. The van der Waals surface area contributed by atoms with Crippen LogP contribution in [-0.2, 0) is 11.0 Å². The number of benzene rings is 1. The summed E-state index contributed by atoms with van der Waals surface area (Å²) < 4.78 is 59.5. The van der Waals surface area contributed by atoms with Crippen molar-refractivity contribution in [2.45, 2.75) is 24.9 Å². The summed E-state index contributed by atoms with van der Waals surface area (Å²) in [6.45, 7) is 0.434. The first-order valence-corrected chi connectivity index (χ1v) is 9.40.